The van der Waals surface area contributed by atoms with Gasteiger partial charge in [-0.3, -0.25) is 0 Å². The van der Waals surface area contributed by atoms with Crippen molar-refractivity contribution in [3.8, 4) is 11.5 Å². The fraction of sp³-hybridized carbons (Fsp3) is 0.533. The van der Waals surface area contributed by atoms with E-state index in [1.165, 1.54) is 12.8 Å². The van der Waals surface area contributed by atoms with Gasteiger partial charge < -0.3 is 15.2 Å². The molecule has 1 aromatic carbocycles. The summed E-state index contributed by atoms with van der Waals surface area (Å²) in [5.74, 6) is 2.21. The summed E-state index contributed by atoms with van der Waals surface area (Å²) >= 11 is 4.97. The average molecular weight is 279 g/mol. The number of hydrogen-bond donors (Lipinski definition) is 1. The lowest BCUT2D eigenvalue weighted by molar-refractivity contribution is 0.125. The second-order valence-corrected chi connectivity index (χ2v) is 5.68. The standard InChI is InChI=1S/C15H21NO2S/c1-10-4-3-5-12(8-10)18-13-7-6-11(15(16)19)9-14(13)17-2/h6-7,9-10,12H,3-5,8H2,1-2H3,(H2,16,19). The molecule has 0 bridgehead atoms. The van der Waals surface area contributed by atoms with Crippen molar-refractivity contribution >= 4 is 17.2 Å². The Morgan fingerprint density at radius 3 is 2.74 bits per heavy atom. The number of hydrogen-bond acceptors (Lipinski definition) is 3. The van der Waals surface area contributed by atoms with Crippen LogP contribution in [0, 0.1) is 5.92 Å². The Morgan fingerprint density at radius 1 is 1.32 bits per heavy atom. The highest BCUT2D eigenvalue weighted by molar-refractivity contribution is 7.80. The van der Waals surface area contributed by atoms with Crippen LogP contribution in [0.3, 0.4) is 0 Å². The quantitative estimate of drug-likeness (QED) is 0.859. The normalized spacial score (nSPS) is 22.8. The van der Waals surface area contributed by atoms with E-state index in [0.717, 1.165) is 30.1 Å². The SMILES string of the molecule is COc1cc(C(N)=S)ccc1OC1CCCC(C)C1. The van der Waals surface area contributed by atoms with Gasteiger partial charge in [-0.15, -0.1) is 0 Å². The Labute approximate surface area is 120 Å². The van der Waals surface area contributed by atoms with Crippen molar-refractivity contribution in [2.45, 2.75) is 38.7 Å². The zero-order valence-electron chi connectivity index (χ0n) is 11.5. The first-order valence-corrected chi connectivity index (χ1v) is 7.15. The molecule has 4 heteroatoms. The van der Waals surface area contributed by atoms with Crippen LogP contribution < -0.4 is 15.2 Å². The van der Waals surface area contributed by atoms with E-state index in [9.17, 15) is 0 Å². The lowest BCUT2D eigenvalue weighted by Crippen LogP contribution is -2.24. The number of ether oxygens (including phenoxy) is 2. The third kappa shape index (κ3) is 3.60. The predicted octanol–water partition coefficient (Wildman–Crippen LogP) is 3.29. The van der Waals surface area contributed by atoms with Crippen LogP contribution >= 0.6 is 12.2 Å². The Kier molecular flexibility index (Phi) is 4.64. The van der Waals surface area contributed by atoms with Gasteiger partial charge in [-0.05, 0) is 43.4 Å². The zero-order valence-corrected chi connectivity index (χ0v) is 12.3. The third-order valence-electron chi connectivity index (χ3n) is 3.63. The maximum atomic E-state index is 6.07. The lowest BCUT2D eigenvalue weighted by atomic mass is 9.89. The largest absolute Gasteiger partial charge is 0.493 e. The van der Waals surface area contributed by atoms with Gasteiger partial charge in [0.2, 0.25) is 0 Å². The summed E-state index contributed by atoms with van der Waals surface area (Å²) in [5, 5.41) is 0. The minimum absolute atomic E-state index is 0.285. The zero-order chi connectivity index (χ0) is 13.8. The fourth-order valence-corrected chi connectivity index (χ4v) is 2.71. The molecule has 2 unspecified atom stereocenters. The molecule has 0 saturated heterocycles. The molecule has 1 aliphatic rings. The first kappa shape index (κ1) is 14.1. The smallest absolute Gasteiger partial charge is 0.161 e. The van der Waals surface area contributed by atoms with Gasteiger partial charge in [-0.25, -0.2) is 0 Å². The van der Waals surface area contributed by atoms with Crippen molar-refractivity contribution in [3.63, 3.8) is 0 Å². The van der Waals surface area contributed by atoms with E-state index in [0.29, 0.717) is 10.7 Å². The molecule has 0 radical (unpaired) electrons. The second kappa shape index (κ2) is 6.24. The summed E-state index contributed by atoms with van der Waals surface area (Å²) in [6.45, 7) is 2.28. The minimum atomic E-state index is 0.285. The summed E-state index contributed by atoms with van der Waals surface area (Å²) in [7, 11) is 1.63. The molecule has 1 aliphatic carbocycles. The van der Waals surface area contributed by atoms with Crippen LogP contribution in [0.4, 0.5) is 0 Å². The van der Waals surface area contributed by atoms with Gasteiger partial charge in [0.25, 0.3) is 0 Å². The van der Waals surface area contributed by atoms with E-state index in [1.807, 2.05) is 18.2 Å². The van der Waals surface area contributed by atoms with E-state index in [4.69, 9.17) is 27.4 Å². The Bertz CT molecular complexity index is 461. The first-order chi connectivity index (χ1) is 9.10. The van der Waals surface area contributed by atoms with Crippen LogP contribution in [-0.4, -0.2) is 18.2 Å². The van der Waals surface area contributed by atoms with Crippen molar-refractivity contribution in [1.29, 1.82) is 0 Å². The molecule has 2 atom stereocenters. The maximum absolute atomic E-state index is 6.07. The topological polar surface area (TPSA) is 44.5 Å². The minimum Gasteiger partial charge on any atom is -0.493 e. The van der Waals surface area contributed by atoms with Crippen LogP contribution in [0.2, 0.25) is 0 Å². The molecular weight excluding hydrogens is 258 g/mol. The molecule has 1 saturated carbocycles. The van der Waals surface area contributed by atoms with Gasteiger partial charge in [-0.1, -0.05) is 25.6 Å². The summed E-state index contributed by atoms with van der Waals surface area (Å²) in [6, 6.07) is 5.61. The van der Waals surface area contributed by atoms with Crippen molar-refractivity contribution in [2.24, 2.45) is 11.7 Å². The van der Waals surface area contributed by atoms with Crippen LogP contribution in [0.25, 0.3) is 0 Å². The van der Waals surface area contributed by atoms with Gasteiger partial charge in [-0.2, -0.15) is 0 Å². The highest BCUT2D eigenvalue weighted by Crippen LogP contribution is 2.33. The summed E-state index contributed by atoms with van der Waals surface area (Å²) in [5.41, 5.74) is 6.43. The molecule has 1 aromatic rings. The van der Waals surface area contributed by atoms with E-state index in [-0.39, 0.29) is 6.10 Å². The number of nitrogens with two attached hydrogens (primary N) is 1. The van der Waals surface area contributed by atoms with Crippen LogP contribution in [0.5, 0.6) is 11.5 Å². The van der Waals surface area contributed by atoms with Crippen LogP contribution in [0.15, 0.2) is 18.2 Å². The van der Waals surface area contributed by atoms with Crippen molar-refractivity contribution in [2.75, 3.05) is 7.11 Å². The van der Waals surface area contributed by atoms with E-state index in [1.54, 1.807) is 7.11 Å². The number of rotatable bonds is 4. The van der Waals surface area contributed by atoms with Gasteiger partial charge in [0, 0.05) is 5.56 Å². The number of thiocarbonyl (C=S) groups is 1. The highest BCUT2D eigenvalue weighted by Gasteiger charge is 2.21. The Morgan fingerprint density at radius 2 is 2.11 bits per heavy atom. The molecule has 104 valence electrons. The molecule has 0 amide bonds. The van der Waals surface area contributed by atoms with E-state index < -0.39 is 0 Å². The van der Waals surface area contributed by atoms with Crippen LogP contribution in [0.1, 0.15) is 38.2 Å². The molecule has 0 spiro atoms. The molecule has 0 aromatic heterocycles. The second-order valence-electron chi connectivity index (χ2n) is 5.24. The summed E-state index contributed by atoms with van der Waals surface area (Å²) < 4.78 is 11.4. The summed E-state index contributed by atoms with van der Waals surface area (Å²) in [6.07, 6.45) is 5.05. The average Bonchev–Trinajstić information content (AvgIpc) is 2.39. The van der Waals surface area contributed by atoms with Crippen molar-refractivity contribution < 1.29 is 9.47 Å². The molecule has 19 heavy (non-hydrogen) atoms. The van der Waals surface area contributed by atoms with Crippen LogP contribution in [-0.2, 0) is 0 Å². The van der Waals surface area contributed by atoms with Crippen molar-refractivity contribution in [3.05, 3.63) is 23.8 Å². The molecule has 0 heterocycles. The highest BCUT2D eigenvalue weighted by atomic mass is 32.1. The first-order valence-electron chi connectivity index (χ1n) is 6.74. The van der Waals surface area contributed by atoms with E-state index >= 15 is 0 Å². The summed E-state index contributed by atoms with van der Waals surface area (Å²) in [4.78, 5) is 0.371. The van der Waals surface area contributed by atoms with E-state index in [2.05, 4.69) is 6.92 Å². The molecule has 2 N–H and O–H groups in total. The maximum Gasteiger partial charge on any atom is 0.161 e. The molecule has 3 nitrogen and oxygen atoms in total. The predicted molar refractivity (Wildman–Crippen MR) is 80.9 cm³/mol. The molecule has 2 rings (SSSR count). The number of methoxy groups -OCH3 is 1. The van der Waals surface area contributed by atoms with Crippen molar-refractivity contribution in [1.82, 2.24) is 0 Å². The Balaban J connectivity index is 2.13. The van der Waals surface area contributed by atoms with Gasteiger partial charge >= 0.3 is 0 Å². The molecule has 1 fully saturated rings. The van der Waals surface area contributed by atoms with Gasteiger partial charge in [0.05, 0.1) is 13.2 Å². The monoisotopic (exact) mass is 279 g/mol. The Hall–Kier alpha value is -1.29. The fourth-order valence-electron chi connectivity index (χ4n) is 2.58. The van der Waals surface area contributed by atoms with Gasteiger partial charge in [0.1, 0.15) is 4.99 Å². The third-order valence-corrected chi connectivity index (χ3v) is 3.87. The molecular formula is C15H21NO2S. The molecule has 0 aliphatic heterocycles. The van der Waals surface area contributed by atoms with Gasteiger partial charge in [0.15, 0.2) is 11.5 Å². The lowest BCUT2D eigenvalue weighted by Gasteiger charge is -2.28. The number of benzene rings is 1.